The Morgan fingerprint density at radius 2 is 2.07 bits per heavy atom. The lowest BCUT2D eigenvalue weighted by Gasteiger charge is -2.08. The van der Waals surface area contributed by atoms with E-state index in [1.807, 2.05) is 30.3 Å². The highest BCUT2D eigenvalue weighted by atomic mass is 16.4. The van der Waals surface area contributed by atoms with Crippen molar-refractivity contribution in [3.05, 3.63) is 35.9 Å². The molecule has 0 bridgehead atoms. The van der Waals surface area contributed by atoms with E-state index in [1.54, 1.807) is 0 Å². The zero-order valence-electron chi connectivity index (χ0n) is 8.52. The van der Waals surface area contributed by atoms with Crippen molar-refractivity contribution < 1.29 is 9.90 Å². The van der Waals surface area contributed by atoms with Gasteiger partial charge in [-0.05, 0) is 18.4 Å². The van der Waals surface area contributed by atoms with Crippen molar-refractivity contribution in [2.45, 2.75) is 19.3 Å². The van der Waals surface area contributed by atoms with Crippen LogP contribution in [0.4, 0.5) is 0 Å². The number of benzene rings is 1. The molecule has 0 aliphatic heterocycles. The topological polar surface area (TPSA) is 37.3 Å². The van der Waals surface area contributed by atoms with Crippen LogP contribution in [0, 0.1) is 18.3 Å². The molecule has 0 radical (unpaired) electrons. The molecule has 1 atom stereocenters. The quantitative estimate of drug-likeness (QED) is 0.744. The second kappa shape index (κ2) is 5.87. The second-order valence-corrected chi connectivity index (χ2v) is 3.47. The minimum absolute atomic E-state index is 0.308. The predicted octanol–water partition coefficient (Wildman–Crippen LogP) is 2.34. The smallest absolute Gasteiger partial charge is 0.307 e. The van der Waals surface area contributed by atoms with Crippen LogP contribution in [0.25, 0.3) is 0 Å². The van der Waals surface area contributed by atoms with Crippen molar-refractivity contribution in [3.63, 3.8) is 0 Å². The molecule has 0 spiro atoms. The average Bonchev–Trinajstić information content (AvgIpc) is 2.25. The van der Waals surface area contributed by atoms with Crippen LogP contribution < -0.4 is 0 Å². The van der Waals surface area contributed by atoms with Gasteiger partial charge in [-0.15, -0.1) is 12.3 Å². The summed E-state index contributed by atoms with van der Waals surface area (Å²) in [5.74, 6) is 1.18. The van der Waals surface area contributed by atoms with Crippen LogP contribution in [-0.4, -0.2) is 11.1 Å². The summed E-state index contributed by atoms with van der Waals surface area (Å²) in [6.45, 7) is 0. The molecule has 1 aromatic rings. The molecule has 2 heteroatoms. The largest absolute Gasteiger partial charge is 0.481 e. The number of hydrogen-bond acceptors (Lipinski definition) is 1. The van der Waals surface area contributed by atoms with E-state index in [0.717, 1.165) is 12.0 Å². The zero-order valence-corrected chi connectivity index (χ0v) is 8.52. The van der Waals surface area contributed by atoms with Gasteiger partial charge < -0.3 is 5.11 Å². The first kappa shape index (κ1) is 11.3. The molecule has 15 heavy (non-hydrogen) atoms. The van der Waals surface area contributed by atoms with Gasteiger partial charge in [0.15, 0.2) is 0 Å². The predicted molar refractivity (Wildman–Crippen MR) is 59.3 cm³/mol. The van der Waals surface area contributed by atoms with Crippen LogP contribution in [-0.2, 0) is 11.2 Å². The van der Waals surface area contributed by atoms with Gasteiger partial charge in [-0.3, -0.25) is 4.79 Å². The van der Waals surface area contributed by atoms with Gasteiger partial charge in [0, 0.05) is 6.42 Å². The minimum atomic E-state index is -0.802. The summed E-state index contributed by atoms with van der Waals surface area (Å²) in [6.07, 6.45) is 6.79. The molecule has 2 nitrogen and oxygen atoms in total. The van der Waals surface area contributed by atoms with Gasteiger partial charge in [-0.1, -0.05) is 30.3 Å². The first-order valence-electron chi connectivity index (χ1n) is 4.94. The molecule has 0 unspecified atom stereocenters. The van der Waals surface area contributed by atoms with Crippen molar-refractivity contribution in [1.82, 2.24) is 0 Å². The Bertz CT molecular complexity index is 349. The number of aryl methyl sites for hydroxylation is 1. The second-order valence-electron chi connectivity index (χ2n) is 3.47. The maximum Gasteiger partial charge on any atom is 0.307 e. The lowest BCUT2D eigenvalue weighted by atomic mass is 9.97. The summed E-state index contributed by atoms with van der Waals surface area (Å²) in [5, 5.41) is 8.89. The van der Waals surface area contributed by atoms with Crippen LogP contribution in [0.1, 0.15) is 18.4 Å². The van der Waals surface area contributed by atoms with Crippen LogP contribution in [0.2, 0.25) is 0 Å². The Hall–Kier alpha value is -1.75. The molecule has 0 amide bonds. The summed E-state index contributed by atoms with van der Waals surface area (Å²) >= 11 is 0. The molecule has 1 rings (SSSR count). The van der Waals surface area contributed by atoms with E-state index >= 15 is 0 Å². The fourth-order valence-corrected chi connectivity index (χ4v) is 1.44. The highest BCUT2D eigenvalue weighted by Gasteiger charge is 2.15. The Kier molecular flexibility index (Phi) is 4.43. The van der Waals surface area contributed by atoms with Gasteiger partial charge in [-0.25, -0.2) is 0 Å². The summed E-state index contributed by atoms with van der Waals surface area (Å²) < 4.78 is 0. The number of terminal acetylenes is 1. The van der Waals surface area contributed by atoms with Gasteiger partial charge in [0.25, 0.3) is 0 Å². The van der Waals surface area contributed by atoms with Crippen molar-refractivity contribution in [2.24, 2.45) is 5.92 Å². The van der Waals surface area contributed by atoms with Crippen LogP contribution in [0.3, 0.4) is 0 Å². The monoisotopic (exact) mass is 202 g/mol. The number of rotatable bonds is 5. The van der Waals surface area contributed by atoms with E-state index in [0.29, 0.717) is 12.8 Å². The lowest BCUT2D eigenvalue weighted by molar-refractivity contribution is -0.141. The number of carboxylic acid groups (broad SMARTS) is 1. The van der Waals surface area contributed by atoms with Crippen LogP contribution in [0.15, 0.2) is 30.3 Å². The number of aliphatic carboxylic acids is 1. The fraction of sp³-hybridized carbons (Fsp3) is 0.308. The van der Waals surface area contributed by atoms with Crippen molar-refractivity contribution in [1.29, 1.82) is 0 Å². The Balaban J connectivity index is 2.48. The average molecular weight is 202 g/mol. The third-order valence-electron chi connectivity index (χ3n) is 2.34. The molecule has 1 N–H and O–H groups in total. The standard InChI is InChI=1S/C13H14O2/c1-2-6-12(13(14)15)10-9-11-7-4-3-5-8-11/h1,3-5,7-8,12H,6,9-10H2,(H,14,15)/t12-/m1/s1. The number of carbonyl (C=O) groups is 1. The molecule has 0 aromatic heterocycles. The lowest BCUT2D eigenvalue weighted by Crippen LogP contribution is -2.13. The zero-order chi connectivity index (χ0) is 11.1. The van der Waals surface area contributed by atoms with Crippen molar-refractivity contribution >= 4 is 5.97 Å². The van der Waals surface area contributed by atoms with E-state index in [2.05, 4.69) is 5.92 Å². The Morgan fingerprint density at radius 3 is 2.60 bits per heavy atom. The van der Waals surface area contributed by atoms with Gasteiger partial charge in [0.05, 0.1) is 5.92 Å². The van der Waals surface area contributed by atoms with E-state index in [9.17, 15) is 4.79 Å². The number of hydrogen-bond donors (Lipinski definition) is 1. The van der Waals surface area contributed by atoms with Crippen LogP contribution in [0.5, 0.6) is 0 Å². The Morgan fingerprint density at radius 1 is 1.40 bits per heavy atom. The summed E-state index contributed by atoms with van der Waals surface area (Å²) in [6, 6.07) is 9.84. The fourth-order valence-electron chi connectivity index (χ4n) is 1.44. The first-order valence-corrected chi connectivity index (χ1v) is 4.94. The normalized spacial score (nSPS) is 11.7. The van der Waals surface area contributed by atoms with E-state index in [4.69, 9.17) is 11.5 Å². The van der Waals surface area contributed by atoms with E-state index in [-0.39, 0.29) is 0 Å². The van der Waals surface area contributed by atoms with Crippen molar-refractivity contribution in [3.8, 4) is 12.3 Å². The molecular weight excluding hydrogens is 188 g/mol. The summed E-state index contributed by atoms with van der Waals surface area (Å²) in [4.78, 5) is 10.8. The number of carboxylic acids is 1. The molecular formula is C13H14O2. The highest BCUT2D eigenvalue weighted by molar-refractivity contribution is 5.70. The summed E-state index contributed by atoms with van der Waals surface area (Å²) in [7, 11) is 0. The first-order chi connectivity index (χ1) is 7.24. The van der Waals surface area contributed by atoms with Gasteiger partial charge >= 0.3 is 5.97 Å². The van der Waals surface area contributed by atoms with Gasteiger partial charge in [0.2, 0.25) is 0 Å². The third kappa shape index (κ3) is 3.86. The molecule has 0 heterocycles. The SMILES string of the molecule is C#CC[C@H](CCc1ccccc1)C(=O)O. The minimum Gasteiger partial charge on any atom is -0.481 e. The van der Waals surface area contributed by atoms with E-state index in [1.165, 1.54) is 0 Å². The molecule has 1 aromatic carbocycles. The highest BCUT2D eigenvalue weighted by Crippen LogP contribution is 2.13. The van der Waals surface area contributed by atoms with Gasteiger partial charge in [-0.2, -0.15) is 0 Å². The molecule has 0 fully saturated rings. The van der Waals surface area contributed by atoms with Gasteiger partial charge in [0.1, 0.15) is 0 Å². The molecule has 0 aliphatic rings. The van der Waals surface area contributed by atoms with Crippen LogP contribution >= 0.6 is 0 Å². The maximum absolute atomic E-state index is 10.8. The third-order valence-corrected chi connectivity index (χ3v) is 2.34. The Labute approximate surface area is 89.9 Å². The van der Waals surface area contributed by atoms with Crippen molar-refractivity contribution in [2.75, 3.05) is 0 Å². The molecule has 0 aliphatic carbocycles. The molecule has 0 saturated heterocycles. The molecule has 78 valence electrons. The molecule has 0 saturated carbocycles. The maximum atomic E-state index is 10.8. The van der Waals surface area contributed by atoms with E-state index < -0.39 is 11.9 Å². The summed E-state index contributed by atoms with van der Waals surface area (Å²) in [5.41, 5.74) is 1.15.